The van der Waals surface area contributed by atoms with Crippen molar-refractivity contribution >= 4 is 17.5 Å². The van der Waals surface area contributed by atoms with Crippen molar-refractivity contribution in [2.24, 2.45) is 5.73 Å². The third-order valence-electron chi connectivity index (χ3n) is 2.86. The van der Waals surface area contributed by atoms with Crippen LogP contribution in [0.5, 0.6) is 0 Å². The van der Waals surface area contributed by atoms with Gasteiger partial charge in [-0.25, -0.2) is 0 Å². The molecule has 0 aliphatic carbocycles. The number of carbonyl (C=O) groups excluding carboxylic acids is 2. The predicted octanol–water partition coefficient (Wildman–Crippen LogP) is -0.359. The molecule has 0 spiro atoms. The van der Waals surface area contributed by atoms with Crippen molar-refractivity contribution in [1.82, 2.24) is 5.32 Å². The zero-order valence-electron chi connectivity index (χ0n) is 10.5. The lowest BCUT2D eigenvalue weighted by molar-refractivity contribution is -0.128. The number of morpholine rings is 1. The number of anilines is 1. The summed E-state index contributed by atoms with van der Waals surface area (Å²) in [5.41, 5.74) is 6.48. The number of nitrogens with one attached hydrogen (secondary N) is 2. The molecule has 1 aliphatic heterocycles. The molecule has 1 saturated heterocycles. The summed E-state index contributed by atoms with van der Waals surface area (Å²) >= 11 is 0. The van der Waals surface area contributed by atoms with Crippen LogP contribution in [0.1, 0.15) is 5.56 Å². The molecule has 0 radical (unpaired) electrons. The molecule has 4 N–H and O–H groups in total. The maximum atomic E-state index is 12.0. The molecule has 0 aromatic heterocycles. The number of primary amides is 1. The number of benzene rings is 1. The van der Waals surface area contributed by atoms with Crippen LogP contribution < -0.4 is 16.4 Å². The summed E-state index contributed by atoms with van der Waals surface area (Å²) in [5.74, 6) is -0.651. The van der Waals surface area contributed by atoms with Gasteiger partial charge in [-0.2, -0.15) is 0 Å². The Bertz CT molecular complexity index is 470. The number of amides is 2. The monoisotopic (exact) mass is 263 g/mol. The molecule has 1 atom stereocenters. The van der Waals surface area contributed by atoms with E-state index in [2.05, 4.69) is 10.6 Å². The predicted molar refractivity (Wildman–Crippen MR) is 70.6 cm³/mol. The van der Waals surface area contributed by atoms with Crippen LogP contribution in [0.4, 0.5) is 5.69 Å². The minimum atomic E-state index is -0.504. The van der Waals surface area contributed by atoms with Crippen molar-refractivity contribution in [3.8, 4) is 0 Å². The fourth-order valence-corrected chi connectivity index (χ4v) is 1.93. The van der Waals surface area contributed by atoms with Gasteiger partial charge in [0.05, 0.1) is 13.0 Å². The van der Waals surface area contributed by atoms with E-state index in [0.717, 1.165) is 6.54 Å². The molecule has 1 aromatic carbocycles. The minimum absolute atomic E-state index is 0.0974. The molecule has 0 saturated carbocycles. The number of hydrogen-bond acceptors (Lipinski definition) is 4. The largest absolute Gasteiger partial charge is 0.369 e. The van der Waals surface area contributed by atoms with Crippen molar-refractivity contribution in [1.29, 1.82) is 0 Å². The molecule has 2 amide bonds. The Morgan fingerprint density at radius 3 is 2.89 bits per heavy atom. The summed E-state index contributed by atoms with van der Waals surface area (Å²) in [6.07, 6.45) is -0.407. The first kappa shape index (κ1) is 13.5. The number of rotatable bonds is 4. The summed E-state index contributed by atoms with van der Waals surface area (Å²) in [4.78, 5) is 23.0. The first-order chi connectivity index (χ1) is 9.16. The number of ether oxygens (including phenoxy) is 1. The van der Waals surface area contributed by atoms with Crippen LogP contribution in [0.2, 0.25) is 0 Å². The normalized spacial score (nSPS) is 18.8. The molecule has 1 fully saturated rings. The molecule has 0 bridgehead atoms. The van der Waals surface area contributed by atoms with Gasteiger partial charge >= 0.3 is 0 Å². The molecule has 19 heavy (non-hydrogen) atoms. The second kappa shape index (κ2) is 6.31. The van der Waals surface area contributed by atoms with E-state index < -0.39 is 12.0 Å². The fraction of sp³-hybridized carbons (Fsp3) is 0.385. The highest BCUT2D eigenvalue weighted by molar-refractivity contribution is 5.95. The quantitative estimate of drug-likeness (QED) is 0.691. The molecule has 2 rings (SSSR count). The lowest BCUT2D eigenvalue weighted by Crippen LogP contribution is -2.45. The minimum Gasteiger partial charge on any atom is -0.369 e. The van der Waals surface area contributed by atoms with Crippen LogP contribution in [0.25, 0.3) is 0 Å². The maximum Gasteiger partial charge on any atom is 0.254 e. The Morgan fingerprint density at radius 1 is 1.42 bits per heavy atom. The van der Waals surface area contributed by atoms with Gasteiger partial charge in [-0.15, -0.1) is 0 Å². The SMILES string of the molecule is NC(=O)Cc1ccccc1NC(=O)C1CNCCO1. The van der Waals surface area contributed by atoms with Crippen LogP contribution in [-0.4, -0.2) is 37.6 Å². The number of carbonyl (C=O) groups is 2. The molecule has 1 aliphatic rings. The average Bonchev–Trinajstić information content (AvgIpc) is 2.41. The van der Waals surface area contributed by atoms with Crippen LogP contribution >= 0.6 is 0 Å². The van der Waals surface area contributed by atoms with Crippen LogP contribution in [0.15, 0.2) is 24.3 Å². The number of hydrogen-bond donors (Lipinski definition) is 3. The van der Waals surface area contributed by atoms with Crippen LogP contribution in [0.3, 0.4) is 0 Å². The Morgan fingerprint density at radius 2 is 2.21 bits per heavy atom. The molecule has 6 heteroatoms. The van der Waals surface area contributed by atoms with E-state index in [1.54, 1.807) is 24.3 Å². The molecular weight excluding hydrogens is 246 g/mol. The van der Waals surface area contributed by atoms with E-state index in [0.29, 0.717) is 24.4 Å². The number of nitrogens with two attached hydrogens (primary N) is 1. The summed E-state index contributed by atoms with van der Waals surface area (Å²) in [6.45, 7) is 1.76. The summed E-state index contributed by atoms with van der Waals surface area (Å²) in [7, 11) is 0. The van der Waals surface area contributed by atoms with Gasteiger partial charge in [0, 0.05) is 18.8 Å². The van der Waals surface area contributed by atoms with Crippen molar-refractivity contribution in [3.05, 3.63) is 29.8 Å². The zero-order chi connectivity index (χ0) is 13.7. The van der Waals surface area contributed by atoms with Crippen LogP contribution in [0, 0.1) is 0 Å². The Balaban J connectivity index is 2.05. The Kier molecular flexibility index (Phi) is 4.48. The first-order valence-electron chi connectivity index (χ1n) is 6.16. The van der Waals surface area contributed by atoms with Gasteiger partial charge in [0.2, 0.25) is 5.91 Å². The van der Waals surface area contributed by atoms with Crippen molar-refractivity contribution in [3.63, 3.8) is 0 Å². The second-order valence-corrected chi connectivity index (χ2v) is 4.35. The van der Waals surface area contributed by atoms with E-state index in [1.807, 2.05) is 0 Å². The Hall–Kier alpha value is -1.92. The molecule has 1 heterocycles. The van der Waals surface area contributed by atoms with Gasteiger partial charge in [0.25, 0.3) is 5.91 Å². The molecule has 1 unspecified atom stereocenters. The summed E-state index contributed by atoms with van der Waals surface area (Å²) in [6, 6.07) is 7.10. The van der Waals surface area contributed by atoms with Gasteiger partial charge < -0.3 is 21.1 Å². The van der Waals surface area contributed by atoms with E-state index in [-0.39, 0.29) is 12.3 Å². The maximum absolute atomic E-state index is 12.0. The van der Waals surface area contributed by atoms with Crippen molar-refractivity contribution in [2.45, 2.75) is 12.5 Å². The highest BCUT2D eigenvalue weighted by atomic mass is 16.5. The third-order valence-corrected chi connectivity index (χ3v) is 2.86. The summed E-state index contributed by atoms with van der Waals surface area (Å²) < 4.78 is 5.37. The smallest absolute Gasteiger partial charge is 0.254 e. The second-order valence-electron chi connectivity index (χ2n) is 4.35. The fourth-order valence-electron chi connectivity index (χ4n) is 1.93. The standard InChI is InChI=1S/C13H17N3O3/c14-12(17)7-9-3-1-2-4-10(9)16-13(18)11-8-15-5-6-19-11/h1-4,11,15H,5-8H2,(H2,14,17)(H,16,18). The molecule has 102 valence electrons. The average molecular weight is 263 g/mol. The van der Waals surface area contributed by atoms with Crippen LogP contribution in [-0.2, 0) is 20.7 Å². The van der Waals surface area contributed by atoms with Gasteiger partial charge in [-0.1, -0.05) is 18.2 Å². The van der Waals surface area contributed by atoms with Crippen molar-refractivity contribution < 1.29 is 14.3 Å². The lowest BCUT2D eigenvalue weighted by Gasteiger charge is -2.23. The number of para-hydroxylation sites is 1. The van der Waals surface area contributed by atoms with Gasteiger partial charge in [0.15, 0.2) is 0 Å². The lowest BCUT2D eigenvalue weighted by atomic mass is 10.1. The first-order valence-corrected chi connectivity index (χ1v) is 6.16. The van der Waals surface area contributed by atoms with Gasteiger partial charge in [-0.05, 0) is 11.6 Å². The molecule has 6 nitrogen and oxygen atoms in total. The highest BCUT2D eigenvalue weighted by Gasteiger charge is 2.22. The van der Waals surface area contributed by atoms with Gasteiger partial charge in [0.1, 0.15) is 6.10 Å². The third kappa shape index (κ3) is 3.77. The molecular formula is C13H17N3O3. The van der Waals surface area contributed by atoms with E-state index >= 15 is 0 Å². The molecule has 1 aromatic rings. The Labute approximate surface area is 111 Å². The zero-order valence-corrected chi connectivity index (χ0v) is 10.5. The van der Waals surface area contributed by atoms with E-state index in [1.165, 1.54) is 0 Å². The van der Waals surface area contributed by atoms with Crippen molar-refractivity contribution in [2.75, 3.05) is 25.0 Å². The van der Waals surface area contributed by atoms with E-state index in [9.17, 15) is 9.59 Å². The van der Waals surface area contributed by atoms with E-state index in [4.69, 9.17) is 10.5 Å². The van der Waals surface area contributed by atoms with Gasteiger partial charge in [-0.3, -0.25) is 9.59 Å². The topological polar surface area (TPSA) is 93.5 Å². The highest BCUT2D eigenvalue weighted by Crippen LogP contribution is 2.16. The summed E-state index contributed by atoms with van der Waals surface area (Å²) in [5, 5.41) is 5.86.